The summed E-state index contributed by atoms with van der Waals surface area (Å²) in [5.41, 5.74) is 4.10. The van der Waals surface area contributed by atoms with E-state index in [-0.39, 0.29) is 5.91 Å². The van der Waals surface area contributed by atoms with Gasteiger partial charge in [0.1, 0.15) is 11.3 Å². The van der Waals surface area contributed by atoms with Crippen molar-refractivity contribution < 1.29 is 13.9 Å². The zero-order valence-corrected chi connectivity index (χ0v) is 20.1. The molecule has 0 saturated heterocycles. The number of benzene rings is 4. The first-order valence-electron chi connectivity index (χ1n) is 10.2. The average Bonchev–Trinajstić information content (AvgIpc) is 3.23. The second kappa shape index (κ2) is 8.54. The molecule has 0 aliphatic carbocycles. The van der Waals surface area contributed by atoms with Crippen LogP contribution in [0.5, 0.6) is 5.75 Å². The van der Waals surface area contributed by atoms with Crippen LogP contribution in [-0.2, 0) is 0 Å². The first kappa shape index (κ1) is 21.5. The molecule has 1 N–H and O–H groups in total. The largest absolute Gasteiger partial charge is 0.495 e. The number of rotatable bonds is 4. The lowest BCUT2D eigenvalue weighted by atomic mass is 10.0. The van der Waals surface area contributed by atoms with E-state index in [1.807, 2.05) is 55.5 Å². The molecule has 0 spiro atoms. The molecule has 0 saturated carbocycles. The summed E-state index contributed by atoms with van der Waals surface area (Å²) < 4.78 is 12.2. The topological polar surface area (TPSA) is 64.4 Å². The van der Waals surface area contributed by atoms with Crippen molar-refractivity contribution in [3.63, 3.8) is 0 Å². The maximum absolute atomic E-state index is 13.3. The van der Waals surface area contributed by atoms with E-state index in [1.54, 1.807) is 18.2 Å². The number of oxazole rings is 1. The van der Waals surface area contributed by atoms with Crippen molar-refractivity contribution in [2.24, 2.45) is 0 Å². The summed E-state index contributed by atoms with van der Waals surface area (Å²) in [5.74, 6) is 0.562. The van der Waals surface area contributed by atoms with Crippen LogP contribution in [0.25, 0.3) is 33.3 Å². The number of methoxy groups -OCH3 is 1. The van der Waals surface area contributed by atoms with E-state index in [9.17, 15) is 4.79 Å². The number of aryl methyl sites for hydroxylation is 1. The Kier molecular flexibility index (Phi) is 5.56. The summed E-state index contributed by atoms with van der Waals surface area (Å²) in [6.45, 7) is 2.00. The molecular weight excluding hydrogens is 504 g/mol. The second-order valence-corrected chi connectivity index (χ2v) is 8.83. The van der Waals surface area contributed by atoms with Gasteiger partial charge >= 0.3 is 0 Å². The maximum Gasteiger partial charge on any atom is 0.259 e. The number of carbonyl (C=O) groups excluding carboxylic acids is 1. The number of aromatic nitrogens is 1. The molecule has 0 aliphatic heterocycles. The number of fused-ring (bicyclic) bond motifs is 2. The van der Waals surface area contributed by atoms with Crippen LogP contribution in [-0.4, -0.2) is 18.0 Å². The molecule has 0 radical (unpaired) electrons. The first-order chi connectivity index (χ1) is 15.9. The summed E-state index contributed by atoms with van der Waals surface area (Å²) >= 11 is 9.98. The van der Waals surface area contributed by atoms with E-state index in [4.69, 9.17) is 20.8 Å². The van der Waals surface area contributed by atoms with Gasteiger partial charge in [0.25, 0.3) is 5.91 Å². The number of amides is 1. The predicted octanol–water partition coefficient (Wildman–Crippen LogP) is 7.63. The first-order valence-corrected chi connectivity index (χ1v) is 11.4. The Morgan fingerprint density at radius 1 is 1.09 bits per heavy atom. The zero-order valence-electron chi connectivity index (χ0n) is 17.8. The Hall–Kier alpha value is -3.35. The molecule has 0 atom stereocenters. The quantitative estimate of drug-likeness (QED) is 0.264. The Balaban J connectivity index is 1.52. The highest BCUT2D eigenvalue weighted by Crippen LogP contribution is 2.37. The van der Waals surface area contributed by atoms with E-state index in [0.29, 0.717) is 39.1 Å². The highest BCUT2D eigenvalue weighted by molar-refractivity contribution is 9.10. The van der Waals surface area contributed by atoms with E-state index in [2.05, 4.69) is 26.2 Å². The van der Waals surface area contributed by atoms with Crippen LogP contribution in [0.2, 0.25) is 5.02 Å². The Labute approximate surface area is 203 Å². The van der Waals surface area contributed by atoms with Gasteiger partial charge in [-0.1, -0.05) is 41.9 Å². The minimum atomic E-state index is -0.342. The molecule has 5 nitrogen and oxygen atoms in total. The van der Waals surface area contributed by atoms with Crippen LogP contribution >= 0.6 is 27.5 Å². The number of nitrogens with one attached hydrogen (secondary N) is 1. The van der Waals surface area contributed by atoms with Gasteiger partial charge < -0.3 is 14.5 Å². The lowest BCUT2D eigenvalue weighted by molar-refractivity contribution is 0.102. The maximum atomic E-state index is 13.3. The Morgan fingerprint density at radius 3 is 2.73 bits per heavy atom. The predicted molar refractivity (Wildman–Crippen MR) is 135 cm³/mol. The number of halogens is 2. The van der Waals surface area contributed by atoms with E-state index in [0.717, 1.165) is 26.3 Å². The molecular formula is C26H18BrClN2O3. The summed E-state index contributed by atoms with van der Waals surface area (Å²) in [4.78, 5) is 17.8. The van der Waals surface area contributed by atoms with Crippen molar-refractivity contribution in [3.05, 3.63) is 87.4 Å². The van der Waals surface area contributed by atoms with Gasteiger partial charge in [-0.25, -0.2) is 4.98 Å². The molecule has 1 amide bonds. The molecule has 164 valence electrons. The van der Waals surface area contributed by atoms with Crippen molar-refractivity contribution >= 4 is 61.0 Å². The molecule has 7 heteroatoms. The lowest BCUT2D eigenvalue weighted by Crippen LogP contribution is -2.14. The molecule has 0 fully saturated rings. The summed E-state index contributed by atoms with van der Waals surface area (Å²) in [6, 6.07) is 20.7. The van der Waals surface area contributed by atoms with Gasteiger partial charge in [-0.2, -0.15) is 0 Å². The minimum absolute atomic E-state index is 0.342. The van der Waals surface area contributed by atoms with E-state index < -0.39 is 0 Å². The number of nitrogens with zero attached hydrogens (tertiary/aromatic N) is 1. The molecule has 0 unspecified atom stereocenters. The number of carbonyl (C=O) groups is 1. The third kappa shape index (κ3) is 3.96. The van der Waals surface area contributed by atoms with Gasteiger partial charge in [-0.05, 0) is 75.6 Å². The third-order valence-corrected chi connectivity index (χ3v) is 6.51. The fourth-order valence-corrected chi connectivity index (χ4v) is 4.65. The van der Waals surface area contributed by atoms with Gasteiger partial charge in [-0.3, -0.25) is 4.79 Å². The van der Waals surface area contributed by atoms with Crippen LogP contribution in [0.15, 0.2) is 75.6 Å². The van der Waals surface area contributed by atoms with Crippen LogP contribution in [0.3, 0.4) is 0 Å². The van der Waals surface area contributed by atoms with Crippen molar-refractivity contribution in [2.45, 2.75) is 6.92 Å². The smallest absolute Gasteiger partial charge is 0.259 e. The average molecular weight is 522 g/mol. The number of hydrogen-bond acceptors (Lipinski definition) is 4. The minimum Gasteiger partial charge on any atom is -0.495 e. The molecule has 1 aromatic heterocycles. The van der Waals surface area contributed by atoms with Crippen LogP contribution in [0, 0.1) is 6.92 Å². The Morgan fingerprint density at radius 2 is 1.91 bits per heavy atom. The SMILES string of the molecule is COc1c(C(=O)Nc2cc(-c3nc4ccc(C)cc4o3)ccc2Cl)cc2ccccc2c1Br. The van der Waals surface area contributed by atoms with Gasteiger partial charge in [-0.15, -0.1) is 0 Å². The summed E-state index contributed by atoms with van der Waals surface area (Å²) in [5, 5.41) is 5.18. The van der Waals surface area contributed by atoms with Crippen molar-refractivity contribution in [2.75, 3.05) is 12.4 Å². The molecule has 5 rings (SSSR count). The highest BCUT2D eigenvalue weighted by atomic mass is 79.9. The molecule has 1 heterocycles. The molecule has 5 aromatic rings. The van der Waals surface area contributed by atoms with Crippen LogP contribution < -0.4 is 10.1 Å². The van der Waals surface area contributed by atoms with Gasteiger partial charge in [0.15, 0.2) is 5.58 Å². The van der Waals surface area contributed by atoms with Crippen molar-refractivity contribution in [1.82, 2.24) is 4.98 Å². The van der Waals surface area contributed by atoms with Crippen molar-refractivity contribution in [3.8, 4) is 17.2 Å². The highest BCUT2D eigenvalue weighted by Gasteiger charge is 2.20. The zero-order chi connectivity index (χ0) is 23.1. The van der Waals surface area contributed by atoms with Gasteiger partial charge in [0, 0.05) is 5.56 Å². The standard InChI is InChI=1S/C26H18BrClN2O3/c1-14-7-10-20-22(11-14)33-26(30-20)16-8-9-19(28)21(13-16)29-25(31)18-12-15-5-3-4-6-17(15)23(27)24(18)32-2/h3-13H,1-2H3,(H,29,31). The molecule has 33 heavy (non-hydrogen) atoms. The van der Waals surface area contributed by atoms with Gasteiger partial charge in [0.2, 0.25) is 5.89 Å². The summed E-state index contributed by atoms with van der Waals surface area (Å²) in [7, 11) is 1.54. The normalized spacial score (nSPS) is 11.2. The molecule has 0 aliphatic rings. The lowest BCUT2D eigenvalue weighted by Gasteiger charge is -2.14. The van der Waals surface area contributed by atoms with Gasteiger partial charge in [0.05, 0.1) is 27.9 Å². The fraction of sp³-hybridized carbons (Fsp3) is 0.0769. The van der Waals surface area contributed by atoms with Crippen LogP contribution in [0.1, 0.15) is 15.9 Å². The molecule has 0 bridgehead atoms. The number of ether oxygens (including phenoxy) is 1. The number of anilines is 1. The summed E-state index contributed by atoms with van der Waals surface area (Å²) in [6.07, 6.45) is 0. The number of hydrogen-bond donors (Lipinski definition) is 1. The third-order valence-electron chi connectivity index (χ3n) is 5.40. The van der Waals surface area contributed by atoms with E-state index >= 15 is 0 Å². The van der Waals surface area contributed by atoms with E-state index in [1.165, 1.54) is 7.11 Å². The van der Waals surface area contributed by atoms with Crippen LogP contribution in [0.4, 0.5) is 5.69 Å². The second-order valence-electron chi connectivity index (χ2n) is 7.63. The molecule has 4 aromatic carbocycles. The fourth-order valence-electron chi connectivity index (χ4n) is 3.75. The Bertz CT molecular complexity index is 1540. The van der Waals surface area contributed by atoms with Crippen molar-refractivity contribution in [1.29, 1.82) is 0 Å². The monoisotopic (exact) mass is 520 g/mol.